The molecule has 1 amide bonds. The first kappa shape index (κ1) is 16.4. The first-order valence-electron chi connectivity index (χ1n) is 9.07. The van der Waals surface area contributed by atoms with E-state index in [1.807, 2.05) is 31.2 Å². The second kappa shape index (κ2) is 5.13. The molecule has 0 radical (unpaired) electrons. The van der Waals surface area contributed by atoms with Crippen molar-refractivity contribution in [1.29, 1.82) is 0 Å². The molecule has 1 aromatic carbocycles. The van der Waals surface area contributed by atoms with Crippen LogP contribution in [-0.2, 0) is 19.8 Å². The van der Waals surface area contributed by atoms with E-state index in [0.717, 1.165) is 5.56 Å². The van der Waals surface area contributed by atoms with Gasteiger partial charge in [-0.25, -0.2) is 0 Å². The molecule has 4 heterocycles. The highest BCUT2D eigenvalue weighted by atomic mass is 16.7. The first-order valence-corrected chi connectivity index (χ1v) is 9.07. The van der Waals surface area contributed by atoms with Crippen LogP contribution in [0.5, 0.6) is 0 Å². The van der Waals surface area contributed by atoms with Gasteiger partial charge in [-0.3, -0.25) is 14.6 Å². The molecule has 1 aliphatic carbocycles. The molecule has 2 saturated heterocycles. The maximum atomic E-state index is 13.5. The predicted molar refractivity (Wildman–Crippen MR) is 92.9 cm³/mol. The fraction of sp³-hybridized carbons (Fsp3) is 0.579. The first-order chi connectivity index (χ1) is 12.5. The molecular weight excluding hydrogens is 336 g/mol. The molecule has 6 unspecified atom stereocenters. The lowest BCUT2D eigenvalue weighted by Gasteiger charge is -2.46. The Hall–Kier alpha value is -1.80. The van der Waals surface area contributed by atoms with E-state index in [1.165, 1.54) is 12.2 Å². The number of para-hydroxylation sites is 1. The topological polar surface area (TPSA) is 91.6 Å². The third-order valence-corrected chi connectivity index (χ3v) is 6.71. The number of nitrogens with zero attached hydrogens (tertiary/aromatic N) is 2. The number of aliphatic imine (C=N–C) groups is 1. The molecule has 7 nitrogen and oxygen atoms in total. The monoisotopic (exact) mass is 358 g/mol. The summed E-state index contributed by atoms with van der Waals surface area (Å²) in [6.45, 7) is 2.20. The zero-order valence-electron chi connectivity index (χ0n) is 14.8. The average molecular weight is 358 g/mol. The number of amides is 1. The fourth-order valence-electron chi connectivity index (χ4n) is 5.57. The van der Waals surface area contributed by atoms with Crippen molar-refractivity contribution >= 4 is 17.3 Å². The Morgan fingerprint density at radius 3 is 2.92 bits per heavy atom. The van der Waals surface area contributed by atoms with Crippen LogP contribution in [0.1, 0.15) is 25.3 Å². The minimum absolute atomic E-state index is 0.268. The van der Waals surface area contributed by atoms with Gasteiger partial charge in [-0.1, -0.05) is 25.1 Å². The van der Waals surface area contributed by atoms with Gasteiger partial charge in [0.1, 0.15) is 23.2 Å². The van der Waals surface area contributed by atoms with E-state index >= 15 is 0 Å². The molecule has 3 fully saturated rings. The number of hydrogen-bond donors (Lipinski definition) is 2. The van der Waals surface area contributed by atoms with Crippen LogP contribution in [0.25, 0.3) is 0 Å². The van der Waals surface area contributed by atoms with Crippen molar-refractivity contribution in [3.8, 4) is 0 Å². The third kappa shape index (κ3) is 1.59. The van der Waals surface area contributed by atoms with Crippen LogP contribution in [-0.4, -0.2) is 59.4 Å². The van der Waals surface area contributed by atoms with Crippen LogP contribution >= 0.6 is 0 Å². The second-order valence-electron chi connectivity index (χ2n) is 7.60. The molecule has 1 aromatic rings. The van der Waals surface area contributed by atoms with Crippen LogP contribution in [0.4, 0.5) is 5.69 Å². The number of benzene rings is 1. The Labute approximate surface area is 151 Å². The van der Waals surface area contributed by atoms with Crippen LogP contribution in [0, 0.1) is 5.92 Å². The molecule has 4 aliphatic heterocycles. The van der Waals surface area contributed by atoms with Gasteiger partial charge in [0.05, 0.1) is 25.4 Å². The number of hydroxylamine groups is 1. The lowest BCUT2D eigenvalue weighted by atomic mass is 9.69. The largest absolute Gasteiger partial charge is 0.387 e. The maximum Gasteiger partial charge on any atom is 0.264 e. The van der Waals surface area contributed by atoms with Gasteiger partial charge in [0.15, 0.2) is 0 Å². The van der Waals surface area contributed by atoms with Crippen LogP contribution in [0.15, 0.2) is 29.3 Å². The minimum atomic E-state index is -1.43. The quantitative estimate of drug-likeness (QED) is 0.807. The van der Waals surface area contributed by atoms with Crippen molar-refractivity contribution in [2.45, 2.75) is 49.0 Å². The Morgan fingerprint density at radius 1 is 1.42 bits per heavy atom. The molecule has 138 valence electrons. The summed E-state index contributed by atoms with van der Waals surface area (Å²) in [7, 11) is 1.45. The smallest absolute Gasteiger partial charge is 0.264 e. The Kier molecular flexibility index (Phi) is 3.23. The van der Waals surface area contributed by atoms with Gasteiger partial charge in [0.2, 0.25) is 0 Å². The van der Waals surface area contributed by atoms with E-state index in [4.69, 9.17) is 14.6 Å². The zero-order chi connectivity index (χ0) is 18.3. The van der Waals surface area contributed by atoms with Crippen molar-refractivity contribution in [2.75, 3.05) is 18.8 Å². The molecular formula is C19H22N2O5. The van der Waals surface area contributed by atoms with E-state index in [9.17, 15) is 15.0 Å². The molecule has 4 bridgehead atoms. The molecule has 7 heteroatoms. The molecule has 6 atom stereocenters. The second-order valence-corrected chi connectivity index (χ2v) is 7.60. The number of ether oxygens (including phenoxy) is 1. The molecule has 5 aliphatic rings. The normalized spacial score (nSPS) is 43.0. The van der Waals surface area contributed by atoms with Crippen molar-refractivity contribution in [1.82, 2.24) is 0 Å². The number of anilines is 1. The highest BCUT2D eigenvalue weighted by molar-refractivity contribution is 6.08. The summed E-state index contributed by atoms with van der Waals surface area (Å²) in [5.41, 5.74) is -0.504. The van der Waals surface area contributed by atoms with E-state index < -0.39 is 23.2 Å². The van der Waals surface area contributed by atoms with Gasteiger partial charge in [-0.2, -0.15) is 5.06 Å². The SMILES string of the molecule is CCC1=NC2CC3(C(=O)N(OC)c4ccccc43)C3OCC2C1(O)C3O. The molecule has 1 saturated carbocycles. The summed E-state index contributed by atoms with van der Waals surface area (Å²) < 4.78 is 6.02. The number of carbonyl (C=O) groups is 1. The highest BCUT2D eigenvalue weighted by Crippen LogP contribution is 2.57. The van der Waals surface area contributed by atoms with E-state index in [0.29, 0.717) is 24.2 Å². The van der Waals surface area contributed by atoms with Gasteiger partial charge in [-0.15, -0.1) is 0 Å². The van der Waals surface area contributed by atoms with Crippen molar-refractivity contribution < 1.29 is 24.6 Å². The standard InChI is InChI=1S/C19H22N2O5/c1-3-14-19(24)11-9-26-16(15(19)22)18(8-12(11)20-14)10-6-4-5-7-13(10)21(25-2)17(18)23/h4-7,11-12,15-16,22,24H,3,8-9H2,1-2H3. The minimum Gasteiger partial charge on any atom is -0.387 e. The summed E-state index contributed by atoms with van der Waals surface area (Å²) in [5, 5.41) is 23.9. The number of fused-ring (bicyclic) bond motifs is 2. The molecule has 6 rings (SSSR count). The average Bonchev–Trinajstić information content (AvgIpc) is 2.95. The van der Waals surface area contributed by atoms with Crippen LogP contribution in [0.2, 0.25) is 0 Å². The van der Waals surface area contributed by atoms with Gasteiger partial charge in [0.25, 0.3) is 5.91 Å². The fourth-order valence-corrected chi connectivity index (χ4v) is 5.57. The summed E-state index contributed by atoms with van der Waals surface area (Å²) in [6, 6.07) is 7.14. The number of rotatable bonds is 2. The summed E-state index contributed by atoms with van der Waals surface area (Å²) in [4.78, 5) is 23.5. The zero-order valence-corrected chi connectivity index (χ0v) is 14.8. The van der Waals surface area contributed by atoms with Gasteiger partial charge >= 0.3 is 0 Å². The Morgan fingerprint density at radius 2 is 2.19 bits per heavy atom. The van der Waals surface area contributed by atoms with E-state index in [1.54, 1.807) is 0 Å². The molecule has 1 spiro atoms. The Balaban J connectivity index is 1.75. The number of aliphatic hydroxyl groups excluding tert-OH is 1. The summed E-state index contributed by atoms with van der Waals surface area (Å²) in [6.07, 6.45) is -1.11. The number of hydrogen-bond acceptors (Lipinski definition) is 6. The van der Waals surface area contributed by atoms with E-state index in [-0.39, 0.29) is 24.5 Å². The van der Waals surface area contributed by atoms with Gasteiger partial charge in [-0.05, 0) is 24.5 Å². The number of carbonyl (C=O) groups excluding carboxylic acids is 1. The molecule has 2 N–H and O–H groups in total. The lowest BCUT2D eigenvalue weighted by Crippen LogP contribution is -2.66. The van der Waals surface area contributed by atoms with Crippen LogP contribution < -0.4 is 5.06 Å². The van der Waals surface area contributed by atoms with Crippen molar-refractivity contribution in [2.24, 2.45) is 10.9 Å². The predicted octanol–water partition coefficient (Wildman–Crippen LogP) is 0.576. The lowest BCUT2D eigenvalue weighted by molar-refractivity contribution is -0.194. The van der Waals surface area contributed by atoms with Gasteiger partial charge in [0, 0.05) is 11.6 Å². The summed E-state index contributed by atoms with van der Waals surface area (Å²) in [5.74, 6) is -0.602. The van der Waals surface area contributed by atoms with Gasteiger partial charge < -0.3 is 14.9 Å². The maximum absolute atomic E-state index is 13.5. The molecule has 26 heavy (non-hydrogen) atoms. The van der Waals surface area contributed by atoms with Crippen molar-refractivity contribution in [3.05, 3.63) is 29.8 Å². The van der Waals surface area contributed by atoms with Crippen LogP contribution in [0.3, 0.4) is 0 Å². The highest BCUT2D eigenvalue weighted by Gasteiger charge is 2.72. The summed E-state index contributed by atoms with van der Waals surface area (Å²) >= 11 is 0. The third-order valence-electron chi connectivity index (χ3n) is 6.71. The van der Waals surface area contributed by atoms with E-state index in [2.05, 4.69) is 0 Å². The molecule has 0 aromatic heterocycles. The van der Waals surface area contributed by atoms with Crippen molar-refractivity contribution in [3.63, 3.8) is 0 Å². The Bertz CT molecular complexity index is 826. The number of aliphatic hydroxyl groups is 2.